The number of hydrogen-bond donors (Lipinski definition) is 2. The maximum atomic E-state index is 12.5. The van der Waals surface area contributed by atoms with Gasteiger partial charge in [-0.3, -0.25) is 9.59 Å². The molecule has 0 atom stereocenters. The Labute approximate surface area is 147 Å². The highest BCUT2D eigenvalue weighted by atomic mass is 32.2. The SMILES string of the molecule is CCCNCCNC(=O)c1ccc2c(c1)S(=O)(=O)N(CCOC)C2=O. The molecular weight excluding hydrogens is 346 g/mol. The number of ether oxygens (including phenoxy) is 1. The summed E-state index contributed by atoms with van der Waals surface area (Å²) >= 11 is 0. The molecule has 0 fully saturated rings. The first kappa shape index (κ1) is 19.4. The summed E-state index contributed by atoms with van der Waals surface area (Å²) < 4.78 is 30.7. The molecule has 25 heavy (non-hydrogen) atoms. The second-order valence-electron chi connectivity index (χ2n) is 5.59. The van der Waals surface area contributed by atoms with Crippen molar-refractivity contribution >= 4 is 21.8 Å². The summed E-state index contributed by atoms with van der Waals surface area (Å²) in [4.78, 5) is 24.3. The van der Waals surface area contributed by atoms with Gasteiger partial charge >= 0.3 is 0 Å². The first-order valence-electron chi connectivity index (χ1n) is 8.12. The van der Waals surface area contributed by atoms with Crippen molar-refractivity contribution in [2.24, 2.45) is 0 Å². The molecule has 0 spiro atoms. The van der Waals surface area contributed by atoms with Crippen molar-refractivity contribution in [3.63, 3.8) is 0 Å². The number of carbonyl (C=O) groups is 2. The minimum atomic E-state index is -3.94. The number of nitrogens with zero attached hydrogens (tertiary/aromatic N) is 1. The Hall–Kier alpha value is -1.97. The molecule has 1 aliphatic heterocycles. The molecule has 2 amide bonds. The highest BCUT2D eigenvalue weighted by Crippen LogP contribution is 2.30. The monoisotopic (exact) mass is 369 g/mol. The number of fused-ring (bicyclic) bond motifs is 1. The molecule has 0 unspecified atom stereocenters. The van der Waals surface area contributed by atoms with E-state index in [9.17, 15) is 18.0 Å². The standard InChI is InChI=1S/C16H23N3O5S/c1-3-6-17-7-8-18-15(20)12-4-5-13-14(11-12)25(22,23)19(16(13)21)9-10-24-2/h4-5,11,17H,3,6-10H2,1-2H3,(H,18,20). The molecule has 0 aliphatic carbocycles. The number of sulfonamides is 1. The zero-order chi connectivity index (χ0) is 18.4. The Morgan fingerprint density at radius 2 is 2.00 bits per heavy atom. The van der Waals surface area contributed by atoms with E-state index in [1.54, 1.807) is 0 Å². The van der Waals surface area contributed by atoms with Crippen LogP contribution in [0.1, 0.15) is 34.1 Å². The fraction of sp³-hybridized carbons (Fsp3) is 0.500. The molecule has 1 heterocycles. The van der Waals surface area contributed by atoms with Gasteiger partial charge in [-0.05, 0) is 31.2 Å². The number of rotatable bonds is 9. The molecule has 0 saturated heterocycles. The van der Waals surface area contributed by atoms with Gasteiger partial charge in [0.05, 0.1) is 18.7 Å². The molecule has 0 bridgehead atoms. The average molecular weight is 369 g/mol. The summed E-state index contributed by atoms with van der Waals surface area (Å²) in [7, 11) is -2.52. The zero-order valence-corrected chi connectivity index (χ0v) is 15.2. The van der Waals surface area contributed by atoms with Gasteiger partial charge in [0.2, 0.25) is 0 Å². The maximum Gasteiger partial charge on any atom is 0.269 e. The van der Waals surface area contributed by atoms with E-state index in [-0.39, 0.29) is 35.1 Å². The number of carbonyl (C=O) groups excluding carboxylic acids is 2. The minimum absolute atomic E-state index is 0.0586. The predicted molar refractivity (Wildman–Crippen MR) is 92.0 cm³/mol. The van der Waals surface area contributed by atoms with E-state index in [4.69, 9.17) is 4.74 Å². The number of benzene rings is 1. The summed E-state index contributed by atoms with van der Waals surface area (Å²) in [5, 5.41) is 5.87. The van der Waals surface area contributed by atoms with Crippen LogP contribution in [-0.4, -0.2) is 64.4 Å². The Morgan fingerprint density at radius 1 is 1.24 bits per heavy atom. The van der Waals surface area contributed by atoms with E-state index in [0.29, 0.717) is 13.1 Å². The van der Waals surface area contributed by atoms with Crippen LogP contribution in [0.25, 0.3) is 0 Å². The molecule has 1 aliphatic rings. The fourth-order valence-corrected chi connectivity index (χ4v) is 4.06. The van der Waals surface area contributed by atoms with Crippen molar-refractivity contribution in [1.82, 2.24) is 14.9 Å². The molecule has 8 nitrogen and oxygen atoms in total. The summed E-state index contributed by atoms with van der Waals surface area (Å²) in [6.45, 7) is 4.03. The lowest BCUT2D eigenvalue weighted by atomic mass is 10.1. The fourth-order valence-electron chi connectivity index (χ4n) is 2.48. The van der Waals surface area contributed by atoms with Crippen molar-refractivity contribution in [2.75, 3.05) is 39.9 Å². The van der Waals surface area contributed by atoms with E-state index in [1.807, 2.05) is 6.92 Å². The molecule has 0 radical (unpaired) electrons. The van der Waals surface area contributed by atoms with E-state index in [2.05, 4.69) is 10.6 Å². The second kappa shape index (κ2) is 8.41. The van der Waals surface area contributed by atoms with Gasteiger partial charge in [-0.1, -0.05) is 6.92 Å². The molecule has 2 N–H and O–H groups in total. The molecule has 2 rings (SSSR count). The zero-order valence-electron chi connectivity index (χ0n) is 14.4. The van der Waals surface area contributed by atoms with Crippen LogP contribution in [-0.2, 0) is 14.8 Å². The van der Waals surface area contributed by atoms with Gasteiger partial charge in [-0.2, -0.15) is 0 Å². The molecule has 0 aromatic heterocycles. The molecule has 0 saturated carbocycles. The molecule has 1 aromatic rings. The maximum absolute atomic E-state index is 12.5. The minimum Gasteiger partial charge on any atom is -0.383 e. The van der Waals surface area contributed by atoms with Crippen LogP contribution in [0.2, 0.25) is 0 Å². The Morgan fingerprint density at radius 3 is 2.68 bits per heavy atom. The first-order chi connectivity index (χ1) is 11.9. The number of amides is 2. The van der Waals surface area contributed by atoms with Crippen LogP contribution in [0.15, 0.2) is 23.1 Å². The van der Waals surface area contributed by atoms with Crippen LogP contribution < -0.4 is 10.6 Å². The normalized spacial score (nSPS) is 15.3. The van der Waals surface area contributed by atoms with E-state index >= 15 is 0 Å². The van der Waals surface area contributed by atoms with Gasteiger partial charge in [0.15, 0.2) is 0 Å². The van der Waals surface area contributed by atoms with Gasteiger partial charge in [-0.25, -0.2) is 12.7 Å². The predicted octanol–water partition coefficient (Wildman–Crippen LogP) is 0.207. The Balaban J connectivity index is 2.12. The van der Waals surface area contributed by atoms with Crippen LogP contribution in [0.5, 0.6) is 0 Å². The van der Waals surface area contributed by atoms with E-state index in [0.717, 1.165) is 17.3 Å². The van der Waals surface area contributed by atoms with Gasteiger partial charge in [-0.15, -0.1) is 0 Å². The number of methoxy groups -OCH3 is 1. The topological polar surface area (TPSA) is 105 Å². The highest BCUT2D eigenvalue weighted by molar-refractivity contribution is 7.90. The van der Waals surface area contributed by atoms with Crippen molar-refractivity contribution in [1.29, 1.82) is 0 Å². The van der Waals surface area contributed by atoms with Crippen LogP contribution in [0.4, 0.5) is 0 Å². The summed E-state index contributed by atoms with van der Waals surface area (Å²) in [5.41, 5.74) is 0.288. The Bertz CT molecular complexity index is 748. The van der Waals surface area contributed by atoms with Crippen molar-refractivity contribution in [2.45, 2.75) is 18.2 Å². The number of nitrogens with one attached hydrogen (secondary N) is 2. The van der Waals surface area contributed by atoms with Crippen molar-refractivity contribution in [3.05, 3.63) is 29.3 Å². The third-order valence-corrected chi connectivity index (χ3v) is 5.60. The quantitative estimate of drug-likeness (QED) is 0.603. The van der Waals surface area contributed by atoms with Gasteiger partial charge in [0.1, 0.15) is 4.90 Å². The van der Waals surface area contributed by atoms with E-state index in [1.165, 1.54) is 25.3 Å². The summed E-state index contributed by atoms with van der Waals surface area (Å²) in [6, 6.07) is 4.09. The first-order valence-corrected chi connectivity index (χ1v) is 9.56. The van der Waals surface area contributed by atoms with Crippen molar-refractivity contribution in [3.8, 4) is 0 Å². The van der Waals surface area contributed by atoms with Gasteiger partial charge < -0.3 is 15.4 Å². The smallest absolute Gasteiger partial charge is 0.269 e. The molecule has 1 aromatic carbocycles. The van der Waals surface area contributed by atoms with Crippen LogP contribution in [0.3, 0.4) is 0 Å². The Kier molecular flexibility index (Phi) is 6.51. The molecular formula is C16H23N3O5S. The van der Waals surface area contributed by atoms with Gasteiger partial charge in [0, 0.05) is 25.8 Å². The van der Waals surface area contributed by atoms with Crippen molar-refractivity contribution < 1.29 is 22.7 Å². The van der Waals surface area contributed by atoms with E-state index < -0.39 is 15.9 Å². The third kappa shape index (κ3) is 4.17. The van der Waals surface area contributed by atoms with Crippen LogP contribution in [0, 0.1) is 0 Å². The number of hydrogen-bond acceptors (Lipinski definition) is 6. The second-order valence-corrected chi connectivity index (χ2v) is 7.42. The average Bonchev–Trinajstić information content (AvgIpc) is 2.79. The highest BCUT2D eigenvalue weighted by Gasteiger charge is 2.41. The largest absolute Gasteiger partial charge is 0.383 e. The van der Waals surface area contributed by atoms with Gasteiger partial charge in [0.25, 0.3) is 21.8 Å². The summed E-state index contributed by atoms with van der Waals surface area (Å²) in [5.74, 6) is -0.970. The van der Waals surface area contributed by atoms with Crippen LogP contribution >= 0.6 is 0 Å². The lowest BCUT2D eigenvalue weighted by molar-refractivity contribution is 0.0835. The lowest BCUT2D eigenvalue weighted by Gasteiger charge is -2.13. The molecule has 9 heteroatoms. The summed E-state index contributed by atoms with van der Waals surface area (Å²) in [6.07, 6.45) is 1.00. The third-order valence-electron chi connectivity index (χ3n) is 3.78. The molecule has 138 valence electrons. The lowest BCUT2D eigenvalue weighted by Crippen LogP contribution is -2.33.